The lowest BCUT2D eigenvalue weighted by Crippen LogP contribution is -2.35. The van der Waals surface area contributed by atoms with E-state index in [-0.39, 0.29) is 25.2 Å². The molecule has 2 heterocycles. The average molecular weight is 470 g/mol. The van der Waals surface area contributed by atoms with E-state index in [4.69, 9.17) is 9.47 Å². The van der Waals surface area contributed by atoms with E-state index in [0.29, 0.717) is 51.6 Å². The van der Waals surface area contributed by atoms with Crippen LogP contribution in [0.3, 0.4) is 0 Å². The number of nitrogens with zero attached hydrogens (tertiary/aromatic N) is 2. The van der Waals surface area contributed by atoms with Crippen LogP contribution in [0.25, 0.3) is 0 Å². The van der Waals surface area contributed by atoms with Gasteiger partial charge in [0.2, 0.25) is 23.6 Å². The molecule has 4 amide bonds. The van der Waals surface area contributed by atoms with Crippen molar-refractivity contribution in [1.29, 1.82) is 0 Å². The van der Waals surface area contributed by atoms with E-state index < -0.39 is 17.7 Å². The van der Waals surface area contributed by atoms with Crippen LogP contribution in [0.2, 0.25) is 0 Å². The predicted octanol–water partition coefficient (Wildman–Crippen LogP) is 1.82. The first-order chi connectivity index (χ1) is 15.1. The fourth-order valence-electron chi connectivity index (χ4n) is 2.60. The highest BCUT2D eigenvalue weighted by Crippen LogP contribution is 2.29. The van der Waals surface area contributed by atoms with Crippen LogP contribution in [-0.2, 0) is 28.7 Å². The zero-order valence-electron chi connectivity index (χ0n) is 17.2. The Hall–Kier alpha value is -1.95. The molecule has 0 saturated carbocycles. The quantitative estimate of drug-likeness (QED) is 0.233. The average Bonchev–Trinajstić information content (AvgIpc) is 3.11. The Morgan fingerprint density at radius 1 is 1.03 bits per heavy atom. The first-order valence-corrected chi connectivity index (χ1v) is 12.4. The van der Waals surface area contributed by atoms with Crippen LogP contribution in [0.1, 0.15) is 32.1 Å². The molecule has 0 spiro atoms. The fourth-order valence-corrected chi connectivity index (χ4v) is 4.47. The SMILES string of the molecule is O=C(CCSSc1ccccn1)NCCOCCOCCCC(=O)N1C(=O)CCC1=O. The topological polar surface area (TPSA) is 115 Å². The van der Waals surface area contributed by atoms with Crippen molar-refractivity contribution < 1.29 is 28.7 Å². The number of ether oxygens (including phenoxy) is 2. The number of likely N-dealkylation sites (tertiary alicyclic amines) is 1. The summed E-state index contributed by atoms with van der Waals surface area (Å²) in [6.45, 7) is 1.91. The number of amides is 4. The monoisotopic (exact) mass is 469 g/mol. The Morgan fingerprint density at radius 2 is 1.77 bits per heavy atom. The zero-order valence-corrected chi connectivity index (χ0v) is 18.9. The summed E-state index contributed by atoms with van der Waals surface area (Å²) in [5.41, 5.74) is 0. The molecule has 2 rings (SSSR count). The van der Waals surface area contributed by atoms with Crippen molar-refractivity contribution in [3.8, 4) is 0 Å². The highest BCUT2D eigenvalue weighted by atomic mass is 33.1. The van der Waals surface area contributed by atoms with Gasteiger partial charge in [0.1, 0.15) is 5.03 Å². The Bertz CT molecular complexity index is 719. The molecule has 0 aliphatic carbocycles. The van der Waals surface area contributed by atoms with Crippen LogP contribution in [0.4, 0.5) is 0 Å². The summed E-state index contributed by atoms with van der Waals surface area (Å²) in [4.78, 5) is 51.4. The molecule has 0 unspecified atom stereocenters. The first kappa shape index (κ1) is 25.3. The molecule has 1 N–H and O–H groups in total. The predicted molar refractivity (Wildman–Crippen MR) is 117 cm³/mol. The number of imide groups is 3. The Labute approximate surface area is 189 Å². The van der Waals surface area contributed by atoms with Gasteiger partial charge in [-0.05, 0) is 29.3 Å². The molecule has 0 bridgehead atoms. The maximum absolute atomic E-state index is 11.8. The van der Waals surface area contributed by atoms with Crippen molar-refractivity contribution in [1.82, 2.24) is 15.2 Å². The maximum atomic E-state index is 11.8. The molecule has 1 saturated heterocycles. The Balaban J connectivity index is 1.35. The molecule has 0 aromatic carbocycles. The van der Waals surface area contributed by atoms with Gasteiger partial charge in [-0.1, -0.05) is 16.9 Å². The summed E-state index contributed by atoms with van der Waals surface area (Å²) in [6, 6.07) is 5.72. The molecular weight excluding hydrogens is 442 g/mol. The minimum Gasteiger partial charge on any atom is -0.379 e. The lowest BCUT2D eigenvalue weighted by Gasteiger charge is -2.11. The smallest absolute Gasteiger partial charge is 0.236 e. The number of aromatic nitrogens is 1. The third kappa shape index (κ3) is 10.3. The number of hydrogen-bond acceptors (Lipinski definition) is 9. The molecule has 9 nitrogen and oxygen atoms in total. The summed E-state index contributed by atoms with van der Waals surface area (Å²) >= 11 is 0. The summed E-state index contributed by atoms with van der Waals surface area (Å²) < 4.78 is 10.7. The molecule has 0 radical (unpaired) electrons. The number of carbonyl (C=O) groups excluding carboxylic acids is 4. The number of nitrogens with one attached hydrogen (secondary N) is 1. The molecule has 1 aliphatic heterocycles. The molecule has 1 fully saturated rings. The molecule has 1 aromatic rings. The Morgan fingerprint density at radius 3 is 2.48 bits per heavy atom. The van der Waals surface area contributed by atoms with Crippen LogP contribution in [0.5, 0.6) is 0 Å². The third-order valence-electron chi connectivity index (χ3n) is 4.12. The van der Waals surface area contributed by atoms with Gasteiger partial charge in [0, 0.05) is 50.8 Å². The number of pyridine rings is 1. The van der Waals surface area contributed by atoms with Gasteiger partial charge in [-0.2, -0.15) is 0 Å². The van der Waals surface area contributed by atoms with Crippen LogP contribution >= 0.6 is 21.6 Å². The van der Waals surface area contributed by atoms with Gasteiger partial charge in [-0.3, -0.25) is 19.2 Å². The minimum atomic E-state index is -0.461. The van der Waals surface area contributed by atoms with Crippen molar-refractivity contribution in [2.24, 2.45) is 0 Å². The second-order valence-corrected chi connectivity index (χ2v) is 8.95. The molecule has 11 heteroatoms. The number of hydrogen-bond donors (Lipinski definition) is 1. The lowest BCUT2D eigenvalue weighted by molar-refractivity contribution is -0.149. The molecule has 1 aromatic heterocycles. The first-order valence-electron chi connectivity index (χ1n) is 10.1. The third-order valence-corrected chi connectivity index (χ3v) is 6.38. The van der Waals surface area contributed by atoms with Crippen molar-refractivity contribution in [2.45, 2.75) is 37.1 Å². The standard InChI is InChI=1S/C20H27N3O6S2/c24-16(8-15-30-31-17-4-1-2-9-22-17)21-10-12-29-14-13-28-11-3-5-18(25)23-19(26)6-7-20(23)27/h1-2,4,9H,3,5-8,10-15H2,(H,21,24). The zero-order chi connectivity index (χ0) is 22.3. The minimum absolute atomic E-state index is 0.0198. The second-order valence-electron chi connectivity index (χ2n) is 6.52. The van der Waals surface area contributed by atoms with Crippen LogP contribution < -0.4 is 5.32 Å². The van der Waals surface area contributed by atoms with Crippen LogP contribution in [0, 0.1) is 0 Å². The molecule has 170 valence electrons. The van der Waals surface area contributed by atoms with Crippen molar-refractivity contribution in [3.05, 3.63) is 24.4 Å². The van der Waals surface area contributed by atoms with Crippen molar-refractivity contribution in [3.63, 3.8) is 0 Å². The Kier molecular flexibility index (Phi) is 12.2. The highest BCUT2D eigenvalue weighted by molar-refractivity contribution is 8.76. The van der Waals surface area contributed by atoms with E-state index >= 15 is 0 Å². The van der Waals surface area contributed by atoms with Gasteiger partial charge in [0.15, 0.2) is 0 Å². The van der Waals surface area contributed by atoms with E-state index in [2.05, 4.69) is 10.3 Å². The molecule has 31 heavy (non-hydrogen) atoms. The summed E-state index contributed by atoms with van der Waals surface area (Å²) in [7, 11) is 3.14. The summed E-state index contributed by atoms with van der Waals surface area (Å²) in [5.74, 6) is -0.618. The van der Waals surface area contributed by atoms with Gasteiger partial charge >= 0.3 is 0 Å². The summed E-state index contributed by atoms with van der Waals surface area (Å²) in [6.07, 6.45) is 2.93. The lowest BCUT2D eigenvalue weighted by atomic mass is 10.3. The molecular formula is C20H27N3O6S2. The maximum Gasteiger partial charge on any atom is 0.236 e. The van der Waals surface area contributed by atoms with E-state index in [9.17, 15) is 19.2 Å². The van der Waals surface area contributed by atoms with Crippen molar-refractivity contribution in [2.75, 3.05) is 38.7 Å². The number of rotatable bonds is 15. The molecule has 1 aliphatic rings. The summed E-state index contributed by atoms with van der Waals surface area (Å²) in [5, 5.41) is 3.72. The largest absolute Gasteiger partial charge is 0.379 e. The van der Waals surface area contributed by atoms with E-state index in [0.717, 1.165) is 9.93 Å². The van der Waals surface area contributed by atoms with Crippen LogP contribution in [-0.4, -0.2) is 72.2 Å². The fraction of sp³-hybridized carbons (Fsp3) is 0.550. The van der Waals surface area contributed by atoms with E-state index in [1.165, 1.54) is 0 Å². The second kappa shape index (κ2) is 15.0. The van der Waals surface area contributed by atoms with Gasteiger partial charge in [0.05, 0.1) is 19.8 Å². The number of carbonyl (C=O) groups is 4. The van der Waals surface area contributed by atoms with E-state index in [1.54, 1.807) is 27.8 Å². The normalized spacial score (nSPS) is 13.6. The van der Waals surface area contributed by atoms with Crippen molar-refractivity contribution >= 4 is 45.2 Å². The highest BCUT2D eigenvalue weighted by Gasteiger charge is 2.33. The van der Waals surface area contributed by atoms with Gasteiger partial charge in [0.25, 0.3) is 0 Å². The van der Waals surface area contributed by atoms with Gasteiger partial charge < -0.3 is 14.8 Å². The molecule has 0 atom stereocenters. The van der Waals surface area contributed by atoms with Crippen LogP contribution in [0.15, 0.2) is 29.4 Å². The van der Waals surface area contributed by atoms with E-state index in [1.807, 2.05) is 18.2 Å². The van der Waals surface area contributed by atoms with Gasteiger partial charge in [-0.15, -0.1) is 0 Å². The van der Waals surface area contributed by atoms with Gasteiger partial charge in [-0.25, -0.2) is 9.88 Å².